The molecule has 8 nitrogen and oxygen atoms in total. The Morgan fingerprint density at radius 1 is 1.15 bits per heavy atom. The van der Waals surface area contributed by atoms with Crippen LogP contribution in [-0.4, -0.2) is 48.3 Å². The second kappa shape index (κ2) is 10.4. The summed E-state index contributed by atoms with van der Waals surface area (Å²) < 4.78 is 20.6. The summed E-state index contributed by atoms with van der Waals surface area (Å²) in [5, 5.41) is 0. The van der Waals surface area contributed by atoms with Crippen LogP contribution in [-0.2, 0) is 38.1 Å². The third kappa shape index (κ3) is 7.96. The Labute approximate surface area is 152 Å². The van der Waals surface area contributed by atoms with Crippen LogP contribution in [0.1, 0.15) is 40.5 Å². The first-order valence-corrected chi connectivity index (χ1v) is 8.24. The van der Waals surface area contributed by atoms with Crippen molar-refractivity contribution in [2.45, 2.75) is 65.0 Å². The van der Waals surface area contributed by atoms with E-state index in [2.05, 4.69) is 0 Å². The quantitative estimate of drug-likeness (QED) is 0.361. The molecule has 0 aliphatic carbocycles. The summed E-state index contributed by atoms with van der Waals surface area (Å²) >= 11 is 0. The molecule has 0 radical (unpaired) electrons. The van der Waals surface area contributed by atoms with E-state index in [1.165, 1.54) is 26.8 Å². The normalized spacial score (nSPS) is 20.0. The number of hydrogen-bond donors (Lipinski definition) is 0. The van der Waals surface area contributed by atoms with E-state index in [1.54, 1.807) is 25.2 Å². The van der Waals surface area contributed by atoms with Gasteiger partial charge in [-0.25, -0.2) is 4.79 Å². The standard InChI is InChI=1S/C18H24O8/c1-11(23-12(2)19)18(25-14(4)21)16(24-13(3)20)9-5-7-15-8-6-10-17(22)26-15/h5-7,10-11,15-16,18H,8-9H2,1-4H3/b7-5+/t11-,15+,16-,18+/m1/s1. The van der Waals surface area contributed by atoms with Gasteiger partial charge in [-0.2, -0.15) is 0 Å². The van der Waals surface area contributed by atoms with E-state index in [1.807, 2.05) is 0 Å². The number of rotatable bonds is 8. The molecule has 0 spiro atoms. The number of cyclic esters (lactones) is 1. The summed E-state index contributed by atoms with van der Waals surface area (Å²) in [6.07, 6.45) is 4.04. The van der Waals surface area contributed by atoms with Crippen molar-refractivity contribution in [3.8, 4) is 0 Å². The van der Waals surface area contributed by atoms with Gasteiger partial charge in [-0.3, -0.25) is 14.4 Å². The molecule has 0 amide bonds. The molecule has 0 N–H and O–H groups in total. The number of carbonyl (C=O) groups is 4. The van der Waals surface area contributed by atoms with Crippen molar-refractivity contribution in [3.05, 3.63) is 24.3 Å². The fraction of sp³-hybridized carbons (Fsp3) is 0.556. The van der Waals surface area contributed by atoms with Crippen LogP contribution in [0.2, 0.25) is 0 Å². The first-order valence-electron chi connectivity index (χ1n) is 8.24. The Bertz CT molecular complexity index is 592. The van der Waals surface area contributed by atoms with E-state index in [9.17, 15) is 19.2 Å². The second-order valence-corrected chi connectivity index (χ2v) is 5.81. The summed E-state index contributed by atoms with van der Waals surface area (Å²) in [6.45, 7) is 5.21. The summed E-state index contributed by atoms with van der Waals surface area (Å²) in [5.41, 5.74) is 0. The highest BCUT2D eigenvalue weighted by Gasteiger charge is 2.33. The minimum atomic E-state index is -0.973. The molecule has 8 heteroatoms. The zero-order valence-electron chi connectivity index (χ0n) is 15.3. The molecule has 1 aliphatic rings. The molecule has 144 valence electrons. The van der Waals surface area contributed by atoms with Gasteiger partial charge in [0, 0.05) is 39.7 Å². The van der Waals surface area contributed by atoms with E-state index in [0.717, 1.165) is 0 Å². The lowest BCUT2D eigenvalue weighted by atomic mass is 10.0. The van der Waals surface area contributed by atoms with Crippen LogP contribution in [0.25, 0.3) is 0 Å². The van der Waals surface area contributed by atoms with E-state index < -0.39 is 48.3 Å². The van der Waals surface area contributed by atoms with E-state index in [0.29, 0.717) is 6.42 Å². The maximum atomic E-state index is 11.4. The first-order chi connectivity index (χ1) is 12.2. The third-order valence-corrected chi connectivity index (χ3v) is 3.41. The van der Waals surface area contributed by atoms with Crippen molar-refractivity contribution in [3.63, 3.8) is 0 Å². The maximum absolute atomic E-state index is 11.4. The van der Waals surface area contributed by atoms with Gasteiger partial charge >= 0.3 is 23.9 Å². The fourth-order valence-electron chi connectivity index (χ4n) is 2.47. The summed E-state index contributed by atoms with van der Waals surface area (Å²) in [6, 6.07) is 0. The van der Waals surface area contributed by atoms with Gasteiger partial charge in [0.15, 0.2) is 6.10 Å². The van der Waals surface area contributed by atoms with Crippen LogP contribution in [0.3, 0.4) is 0 Å². The van der Waals surface area contributed by atoms with Crippen molar-refractivity contribution in [1.29, 1.82) is 0 Å². The molecule has 0 unspecified atom stereocenters. The average Bonchev–Trinajstić information content (AvgIpc) is 2.50. The fourth-order valence-corrected chi connectivity index (χ4v) is 2.47. The van der Waals surface area contributed by atoms with Crippen molar-refractivity contribution in [2.75, 3.05) is 0 Å². The predicted molar refractivity (Wildman–Crippen MR) is 89.7 cm³/mol. The topological polar surface area (TPSA) is 105 Å². The molecule has 0 aromatic rings. The third-order valence-electron chi connectivity index (χ3n) is 3.41. The van der Waals surface area contributed by atoms with Crippen LogP contribution >= 0.6 is 0 Å². The van der Waals surface area contributed by atoms with Crippen LogP contribution in [0.5, 0.6) is 0 Å². The Kier molecular flexibility index (Phi) is 8.54. The molecule has 0 saturated carbocycles. The molecule has 4 atom stereocenters. The van der Waals surface area contributed by atoms with Gasteiger partial charge in [0.05, 0.1) is 0 Å². The van der Waals surface area contributed by atoms with Crippen LogP contribution in [0.4, 0.5) is 0 Å². The number of carbonyl (C=O) groups excluding carboxylic acids is 4. The summed E-state index contributed by atoms with van der Waals surface area (Å²) in [4.78, 5) is 45.3. The zero-order valence-corrected chi connectivity index (χ0v) is 15.3. The summed E-state index contributed by atoms with van der Waals surface area (Å²) in [7, 11) is 0. The molecule has 0 aromatic carbocycles. The van der Waals surface area contributed by atoms with E-state index in [-0.39, 0.29) is 6.42 Å². The average molecular weight is 368 g/mol. The van der Waals surface area contributed by atoms with Gasteiger partial charge in [0.2, 0.25) is 0 Å². The van der Waals surface area contributed by atoms with Gasteiger partial charge in [-0.15, -0.1) is 0 Å². The molecular formula is C18H24O8. The Morgan fingerprint density at radius 3 is 2.31 bits per heavy atom. The number of ether oxygens (including phenoxy) is 4. The predicted octanol–water partition coefficient (Wildman–Crippen LogP) is 1.62. The van der Waals surface area contributed by atoms with Crippen LogP contribution in [0.15, 0.2) is 24.3 Å². The molecule has 26 heavy (non-hydrogen) atoms. The van der Waals surface area contributed by atoms with Crippen molar-refractivity contribution in [2.24, 2.45) is 0 Å². The van der Waals surface area contributed by atoms with E-state index >= 15 is 0 Å². The van der Waals surface area contributed by atoms with Gasteiger partial charge in [-0.05, 0) is 13.0 Å². The van der Waals surface area contributed by atoms with Crippen molar-refractivity contribution < 1.29 is 38.1 Å². The minimum Gasteiger partial charge on any atom is -0.459 e. The highest BCUT2D eigenvalue weighted by atomic mass is 16.6. The maximum Gasteiger partial charge on any atom is 0.331 e. The number of hydrogen-bond acceptors (Lipinski definition) is 8. The molecule has 1 heterocycles. The van der Waals surface area contributed by atoms with Crippen molar-refractivity contribution >= 4 is 23.9 Å². The molecular weight excluding hydrogens is 344 g/mol. The van der Waals surface area contributed by atoms with Gasteiger partial charge < -0.3 is 18.9 Å². The van der Waals surface area contributed by atoms with Crippen LogP contribution in [0, 0.1) is 0 Å². The molecule has 0 fully saturated rings. The smallest absolute Gasteiger partial charge is 0.331 e. The molecule has 0 aromatic heterocycles. The molecule has 0 saturated heterocycles. The molecule has 1 aliphatic heterocycles. The lowest BCUT2D eigenvalue weighted by Gasteiger charge is -2.29. The second-order valence-electron chi connectivity index (χ2n) is 5.81. The monoisotopic (exact) mass is 368 g/mol. The molecule has 0 bridgehead atoms. The van der Waals surface area contributed by atoms with Crippen LogP contribution < -0.4 is 0 Å². The largest absolute Gasteiger partial charge is 0.459 e. The Balaban J connectivity index is 2.86. The zero-order chi connectivity index (χ0) is 19.7. The van der Waals surface area contributed by atoms with Crippen molar-refractivity contribution in [1.82, 2.24) is 0 Å². The lowest BCUT2D eigenvalue weighted by molar-refractivity contribution is -0.181. The lowest BCUT2D eigenvalue weighted by Crippen LogP contribution is -2.43. The SMILES string of the molecule is CC(=O)O[C@@H]([C@@H](C)OC(C)=O)[C@@H](C/C=C/[C@H]1CC=CC(=O)O1)OC(C)=O. The van der Waals surface area contributed by atoms with Gasteiger partial charge in [0.25, 0.3) is 0 Å². The minimum absolute atomic E-state index is 0.181. The Hall–Kier alpha value is -2.64. The first kappa shape index (κ1) is 21.4. The highest BCUT2D eigenvalue weighted by molar-refractivity contribution is 5.82. The molecule has 1 rings (SSSR count). The van der Waals surface area contributed by atoms with E-state index in [4.69, 9.17) is 18.9 Å². The highest BCUT2D eigenvalue weighted by Crippen LogP contribution is 2.18. The van der Waals surface area contributed by atoms with Gasteiger partial charge in [-0.1, -0.05) is 12.2 Å². The summed E-state index contributed by atoms with van der Waals surface area (Å²) in [5.74, 6) is -2.14. The van der Waals surface area contributed by atoms with Gasteiger partial charge in [0.1, 0.15) is 18.3 Å². The number of esters is 4. The Morgan fingerprint density at radius 2 is 1.77 bits per heavy atom.